The molecule has 3 aromatic rings. The smallest absolute Gasteiger partial charge is 0.306 e. The fraction of sp³-hybridized carbons (Fsp3) is 0.500. The van der Waals surface area contributed by atoms with Crippen molar-refractivity contribution < 1.29 is 0 Å². The van der Waals surface area contributed by atoms with Gasteiger partial charge in [0.25, 0.3) is 0 Å². The van der Waals surface area contributed by atoms with Crippen molar-refractivity contribution in [1.82, 2.24) is 19.4 Å². The van der Waals surface area contributed by atoms with Crippen LogP contribution in [0.4, 0.5) is 0 Å². The number of nitrogens with one attached hydrogen (secondary N) is 1. The van der Waals surface area contributed by atoms with Gasteiger partial charge in [0.1, 0.15) is 0 Å². The molecule has 0 spiro atoms. The van der Waals surface area contributed by atoms with Crippen LogP contribution in [0.2, 0.25) is 0 Å². The molecule has 0 unspecified atom stereocenters. The second-order valence-electron chi connectivity index (χ2n) is 9.38. The number of nitrogens with zero attached hydrogens (tertiary/aromatic N) is 3. The standard InChI is InChI=1S/C26H34N4O/c31-26-27-24-8-4-5-9-25(24)30(26)23-13-18-28(19-14-23)15-10-21-11-16-29(17-12-21)20-22-6-2-1-3-7-22/h1-9,21,23H,10-20H2,(H,27,31). The van der Waals surface area contributed by atoms with E-state index in [-0.39, 0.29) is 5.69 Å². The van der Waals surface area contributed by atoms with E-state index in [1.807, 2.05) is 22.8 Å². The fourth-order valence-electron chi connectivity index (χ4n) is 5.48. The summed E-state index contributed by atoms with van der Waals surface area (Å²) in [5, 5.41) is 0. The first-order valence-corrected chi connectivity index (χ1v) is 11.9. The number of para-hydroxylation sites is 2. The topological polar surface area (TPSA) is 44.3 Å². The van der Waals surface area contributed by atoms with Crippen molar-refractivity contribution in [2.75, 3.05) is 32.7 Å². The number of hydrogen-bond acceptors (Lipinski definition) is 3. The predicted octanol–water partition coefficient (Wildman–Crippen LogP) is 4.27. The van der Waals surface area contributed by atoms with Gasteiger partial charge >= 0.3 is 5.69 Å². The Labute approximate surface area is 184 Å². The summed E-state index contributed by atoms with van der Waals surface area (Å²) in [4.78, 5) is 20.7. The number of piperidine rings is 2. The first kappa shape index (κ1) is 20.5. The lowest BCUT2D eigenvalue weighted by molar-refractivity contribution is 0.141. The highest BCUT2D eigenvalue weighted by Crippen LogP contribution is 2.27. The molecule has 164 valence electrons. The average molecular weight is 419 g/mol. The molecule has 1 N–H and O–H groups in total. The minimum absolute atomic E-state index is 0.0434. The molecule has 0 radical (unpaired) electrons. The summed E-state index contributed by atoms with van der Waals surface area (Å²) < 4.78 is 2.00. The van der Waals surface area contributed by atoms with E-state index in [9.17, 15) is 4.79 Å². The van der Waals surface area contributed by atoms with Gasteiger partial charge in [-0.1, -0.05) is 42.5 Å². The molecule has 2 aliphatic heterocycles. The third kappa shape index (κ3) is 4.78. The number of benzene rings is 2. The molecule has 5 rings (SSSR count). The SMILES string of the molecule is O=c1[nH]c2ccccc2n1C1CCN(CCC2CCN(Cc3ccccc3)CC2)CC1. The third-order valence-corrected chi connectivity index (χ3v) is 7.36. The zero-order valence-electron chi connectivity index (χ0n) is 18.4. The summed E-state index contributed by atoms with van der Waals surface area (Å²) in [6.07, 6.45) is 6.10. The number of H-pyrrole nitrogens is 1. The molecule has 2 aliphatic rings. The summed E-state index contributed by atoms with van der Waals surface area (Å²) in [5.41, 5.74) is 3.47. The highest BCUT2D eigenvalue weighted by atomic mass is 16.1. The minimum atomic E-state index is 0.0434. The Kier molecular flexibility index (Phi) is 6.23. The van der Waals surface area contributed by atoms with Crippen LogP contribution < -0.4 is 5.69 Å². The van der Waals surface area contributed by atoms with Crippen molar-refractivity contribution in [3.05, 3.63) is 70.6 Å². The number of hydrogen-bond donors (Lipinski definition) is 1. The van der Waals surface area contributed by atoms with Gasteiger partial charge in [0.05, 0.1) is 11.0 Å². The highest BCUT2D eigenvalue weighted by molar-refractivity contribution is 5.75. The van der Waals surface area contributed by atoms with Gasteiger partial charge in [0.2, 0.25) is 0 Å². The second kappa shape index (κ2) is 9.41. The van der Waals surface area contributed by atoms with Gasteiger partial charge in [0, 0.05) is 25.7 Å². The van der Waals surface area contributed by atoms with E-state index in [1.54, 1.807) is 0 Å². The van der Waals surface area contributed by atoms with E-state index < -0.39 is 0 Å². The molecule has 31 heavy (non-hydrogen) atoms. The Hall–Kier alpha value is -2.37. The van der Waals surface area contributed by atoms with Crippen LogP contribution in [0.3, 0.4) is 0 Å². The van der Waals surface area contributed by atoms with Crippen LogP contribution in [0, 0.1) is 5.92 Å². The summed E-state index contributed by atoms with van der Waals surface area (Å²) in [6, 6.07) is 19.2. The van der Waals surface area contributed by atoms with Gasteiger partial charge in [0.15, 0.2) is 0 Å². The van der Waals surface area contributed by atoms with E-state index in [1.165, 1.54) is 44.5 Å². The van der Waals surface area contributed by atoms with Crippen molar-refractivity contribution in [2.45, 2.75) is 44.7 Å². The summed E-state index contributed by atoms with van der Waals surface area (Å²) in [5.74, 6) is 0.862. The number of likely N-dealkylation sites (tertiary alicyclic amines) is 2. The van der Waals surface area contributed by atoms with Crippen LogP contribution >= 0.6 is 0 Å². The summed E-state index contributed by atoms with van der Waals surface area (Å²) in [6.45, 7) is 6.95. The normalized spacial score (nSPS) is 19.9. The molecule has 2 aromatic carbocycles. The Morgan fingerprint density at radius 1 is 0.806 bits per heavy atom. The van der Waals surface area contributed by atoms with Crippen LogP contribution in [0.1, 0.15) is 43.7 Å². The van der Waals surface area contributed by atoms with Crippen LogP contribution in [0.5, 0.6) is 0 Å². The number of fused-ring (bicyclic) bond motifs is 1. The first-order chi connectivity index (χ1) is 15.3. The van der Waals surface area contributed by atoms with Crippen molar-refractivity contribution >= 4 is 11.0 Å². The molecule has 2 saturated heterocycles. The van der Waals surface area contributed by atoms with E-state index in [2.05, 4.69) is 51.2 Å². The van der Waals surface area contributed by atoms with Gasteiger partial charge in [-0.25, -0.2) is 4.79 Å². The average Bonchev–Trinajstić information content (AvgIpc) is 3.15. The molecule has 5 nitrogen and oxygen atoms in total. The molecule has 3 heterocycles. The van der Waals surface area contributed by atoms with Crippen molar-refractivity contribution in [3.63, 3.8) is 0 Å². The van der Waals surface area contributed by atoms with Crippen LogP contribution in [-0.2, 0) is 6.54 Å². The molecule has 5 heteroatoms. The van der Waals surface area contributed by atoms with E-state index in [0.29, 0.717) is 6.04 Å². The molecular weight excluding hydrogens is 384 g/mol. The lowest BCUT2D eigenvalue weighted by Crippen LogP contribution is -2.39. The van der Waals surface area contributed by atoms with Gasteiger partial charge in [-0.05, 0) is 75.4 Å². The van der Waals surface area contributed by atoms with Crippen molar-refractivity contribution in [1.29, 1.82) is 0 Å². The number of imidazole rings is 1. The van der Waals surface area contributed by atoms with Gasteiger partial charge in [-0.15, -0.1) is 0 Å². The fourth-order valence-corrected chi connectivity index (χ4v) is 5.48. The van der Waals surface area contributed by atoms with Crippen molar-refractivity contribution in [3.8, 4) is 0 Å². The first-order valence-electron chi connectivity index (χ1n) is 11.9. The highest BCUT2D eigenvalue weighted by Gasteiger charge is 2.25. The molecule has 0 saturated carbocycles. The maximum absolute atomic E-state index is 12.5. The van der Waals surface area contributed by atoms with Crippen molar-refractivity contribution in [2.24, 2.45) is 5.92 Å². The predicted molar refractivity (Wildman–Crippen MR) is 126 cm³/mol. The van der Waals surface area contributed by atoms with Crippen LogP contribution in [0.25, 0.3) is 11.0 Å². The van der Waals surface area contributed by atoms with E-state index in [0.717, 1.165) is 49.4 Å². The van der Waals surface area contributed by atoms with E-state index in [4.69, 9.17) is 0 Å². The minimum Gasteiger partial charge on any atom is -0.306 e. The monoisotopic (exact) mass is 418 g/mol. The molecule has 0 amide bonds. The quantitative estimate of drug-likeness (QED) is 0.650. The number of aromatic amines is 1. The van der Waals surface area contributed by atoms with Crippen LogP contribution in [0.15, 0.2) is 59.4 Å². The number of aromatic nitrogens is 2. The Morgan fingerprint density at radius 2 is 1.48 bits per heavy atom. The maximum atomic E-state index is 12.5. The van der Waals surface area contributed by atoms with Gasteiger partial charge < -0.3 is 9.88 Å². The Balaban J connectivity index is 1.07. The zero-order chi connectivity index (χ0) is 21.0. The number of rotatable bonds is 6. The summed E-state index contributed by atoms with van der Waals surface area (Å²) in [7, 11) is 0. The Morgan fingerprint density at radius 3 is 2.26 bits per heavy atom. The van der Waals surface area contributed by atoms with E-state index >= 15 is 0 Å². The summed E-state index contributed by atoms with van der Waals surface area (Å²) >= 11 is 0. The molecular formula is C26H34N4O. The second-order valence-corrected chi connectivity index (χ2v) is 9.38. The van der Waals surface area contributed by atoms with Gasteiger partial charge in [-0.3, -0.25) is 9.47 Å². The molecule has 0 bridgehead atoms. The lowest BCUT2D eigenvalue weighted by Gasteiger charge is -2.35. The third-order valence-electron chi connectivity index (χ3n) is 7.36. The van der Waals surface area contributed by atoms with Crippen LogP contribution in [-0.4, -0.2) is 52.1 Å². The molecule has 0 atom stereocenters. The lowest BCUT2D eigenvalue weighted by atomic mass is 9.92. The van der Waals surface area contributed by atoms with Gasteiger partial charge in [-0.2, -0.15) is 0 Å². The Bertz CT molecular complexity index is 1020. The largest absolute Gasteiger partial charge is 0.326 e. The molecule has 1 aromatic heterocycles. The molecule has 0 aliphatic carbocycles. The molecule has 2 fully saturated rings. The zero-order valence-corrected chi connectivity index (χ0v) is 18.4. The maximum Gasteiger partial charge on any atom is 0.326 e.